The van der Waals surface area contributed by atoms with Crippen LogP contribution in [0.15, 0.2) is 24.3 Å². The van der Waals surface area contributed by atoms with Crippen LogP contribution in [0.3, 0.4) is 0 Å². The van der Waals surface area contributed by atoms with Gasteiger partial charge in [-0.25, -0.2) is 9.97 Å². The van der Waals surface area contributed by atoms with Crippen LogP contribution in [-0.4, -0.2) is 54.1 Å². The van der Waals surface area contributed by atoms with Gasteiger partial charge in [-0.2, -0.15) is 0 Å². The molecule has 8 heteroatoms. The maximum Gasteiger partial charge on any atom is 0.188 e. The average molecular weight is 494 g/mol. The molecule has 6 rings (SSSR count). The number of rotatable bonds is 4. The van der Waals surface area contributed by atoms with Gasteiger partial charge in [0.05, 0.1) is 46.5 Å². The summed E-state index contributed by atoms with van der Waals surface area (Å²) in [6.45, 7) is 13.0. The summed E-state index contributed by atoms with van der Waals surface area (Å²) in [4.78, 5) is 17.4. The molecule has 0 amide bonds. The Hall–Kier alpha value is -2.26. The van der Waals surface area contributed by atoms with Crippen molar-refractivity contribution in [3.05, 3.63) is 46.5 Å². The van der Waals surface area contributed by atoms with E-state index in [1.165, 1.54) is 38.1 Å². The van der Waals surface area contributed by atoms with E-state index in [9.17, 15) is 0 Å². The minimum absolute atomic E-state index is 0.322. The molecule has 0 N–H and O–H groups in total. The summed E-state index contributed by atoms with van der Waals surface area (Å²) in [7, 11) is 0. The molecule has 0 radical (unpaired) electrons. The molecule has 0 aliphatic carbocycles. The number of nitrogens with zero attached hydrogens (tertiary/aromatic N) is 5. The predicted molar refractivity (Wildman–Crippen MR) is 143 cm³/mol. The number of hydrogen-bond acceptors (Lipinski definition) is 8. The summed E-state index contributed by atoms with van der Waals surface area (Å²) >= 11 is 3.58. The maximum absolute atomic E-state index is 5.98. The number of ether oxygens (including phenoxy) is 1. The molecule has 2 saturated heterocycles. The third-order valence-corrected chi connectivity index (χ3v) is 9.25. The minimum atomic E-state index is 0.322. The van der Waals surface area contributed by atoms with E-state index in [0.29, 0.717) is 6.10 Å². The summed E-state index contributed by atoms with van der Waals surface area (Å²) in [6.07, 6.45) is 2.64. The molecule has 6 nitrogen and oxygen atoms in total. The Morgan fingerprint density at radius 2 is 1.32 bits per heavy atom. The summed E-state index contributed by atoms with van der Waals surface area (Å²) < 4.78 is 8.49. The molecule has 4 aromatic rings. The number of thiazole rings is 2. The summed E-state index contributed by atoms with van der Waals surface area (Å²) in [6, 6.07) is 8.98. The van der Waals surface area contributed by atoms with Gasteiger partial charge in [-0.15, -0.1) is 0 Å². The smallest absolute Gasteiger partial charge is 0.188 e. The molecular formula is C26H31N5OS2. The van der Waals surface area contributed by atoms with Crippen molar-refractivity contribution in [3.63, 3.8) is 0 Å². The molecule has 2 aliphatic heterocycles. The van der Waals surface area contributed by atoms with Crippen LogP contribution in [0.1, 0.15) is 35.1 Å². The van der Waals surface area contributed by atoms with Gasteiger partial charge in [-0.05, 0) is 87.1 Å². The van der Waals surface area contributed by atoms with Crippen molar-refractivity contribution in [2.24, 2.45) is 0 Å². The number of hydrogen-bond donors (Lipinski definition) is 0. The van der Waals surface area contributed by atoms with E-state index >= 15 is 0 Å². The van der Waals surface area contributed by atoms with Crippen LogP contribution in [0.4, 0.5) is 10.3 Å². The number of fused-ring (bicyclic) bond motifs is 2. The average Bonchev–Trinajstić information content (AvgIpc) is 3.55. The zero-order chi connectivity index (χ0) is 23.4. The first kappa shape index (κ1) is 22.2. The zero-order valence-corrected chi connectivity index (χ0v) is 21.9. The van der Waals surface area contributed by atoms with Gasteiger partial charge in [0, 0.05) is 13.2 Å². The SMILES string of the molecule is Cc1cc2nc(N3CN(CC4CCCO4)CN(c4nc5cc(C)c(C)cc5s4)C3)sc2cc1C. The Morgan fingerprint density at radius 1 is 0.794 bits per heavy atom. The fourth-order valence-electron chi connectivity index (χ4n) is 4.86. The van der Waals surface area contributed by atoms with Crippen LogP contribution < -0.4 is 9.80 Å². The molecule has 178 valence electrons. The Labute approximate surface area is 208 Å². The molecule has 2 aromatic heterocycles. The molecule has 0 spiro atoms. The Kier molecular flexibility index (Phi) is 5.72. The van der Waals surface area contributed by atoms with E-state index in [-0.39, 0.29) is 0 Å². The lowest BCUT2D eigenvalue weighted by atomic mass is 10.1. The van der Waals surface area contributed by atoms with Crippen molar-refractivity contribution >= 4 is 53.4 Å². The lowest BCUT2D eigenvalue weighted by Crippen LogP contribution is -2.56. The topological polar surface area (TPSA) is 44.7 Å². The monoisotopic (exact) mass is 493 g/mol. The van der Waals surface area contributed by atoms with Crippen molar-refractivity contribution in [2.45, 2.75) is 46.6 Å². The molecule has 1 atom stereocenters. The van der Waals surface area contributed by atoms with Gasteiger partial charge in [0.1, 0.15) is 0 Å². The van der Waals surface area contributed by atoms with Crippen LogP contribution in [0.25, 0.3) is 20.4 Å². The summed E-state index contributed by atoms with van der Waals surface area (Å²) in [5.41, 5.74) is 7.43. The number of aromatic nitrogens is 2. The Balaban J connectivity index is 1.34. The van der Waals surface area contributed by atoms with E-state index in [1.54, 1.807) is 22.7 Å². The number of aryl methyl sites for hydroxylation is 4. The van der Waals surface area contributed by atoms with Crippen LogP contribution in [0.2, 0.25) is 0 Å². The fraction of sp³-hybridized carbons (Fsp3) is 0.462. The second-order valence-electron chi connectivity index (χ2n) is 9.79. The quantitative estimate of drug-likeness (QED) is 0.357. The molecule has 1 unspecified atom stereocenters. The highest BCUT2D eigenvalue weighted by molar-refractivity contribution is 7.22. The van der Waals surface area contributed by atoms with Crippen molar-refractivity contribution < 1.29 is 4.74 Å². The zero-order valence-electron chi connectivity index (χ0n) is 20.3. The number of benzene rings is 2. The summed E-state index contributed by atoms with van der Waals surface area (Å²) in [5.74, 6) is 0. The second-order valence-corrected chi connectivity index (χ2v) is 11.8. The van der Waals surface area contributed by atoms with Gasteiger partial charge in [-0.3, -0.25) is 4.90 Å². The van der Waals surface area contributed by atoms with E-state index in [0.717, 1.165) is 60.9 Å². The van der Waals surface area contributed by atoms with Gasteiger partial charge in [0.2, 0.25) is 0 Å². The van der Waals surface area contributed by atoms with E-state index in [4.69, 9.17) is 14.7 Å². The van der Waals surface area contributed by atoms with Crippen molar-refractivity contribution in [2.75, 3.05) is 43.0 Å². The third-order valence-electron chi connectivity index (χ3n) is 7.09. The van der Waals surface area contributed by atoms with Crippen LogP contribution in [0, 0.1) is 27.7 Å². The second kappa shape index (κ2) is 8.75. The molecule has 0 saturated carbocycles. The highest BCUT2D eigenvalue weighted by Crippen LogP contribution is 2.35. The van der Waals surface area contributed by atoms with Crippen molar-refractivity contribution in [1.82, 2.24) is 14.9 Å². The predicted octanol–water partition coefficient (Wildman–Crippen LogP) is 5.82. The highest BCUT2D eigenvalue weighted by atomic mass is 32.1. The first-order chi connectivity index (χ1) is 16.4. The first-order valence-corrected chi connectivity index (χ1v) is 13.7. The van der Waals surface area contributed by atoms with Gasteiger partial charge < -0.3 is 14.5 Å². The molecule has 2 aromatic carbocycles. The lowest BCUT2D eigenvalue weighted by Gasteiger charge is -2.42. The fourth-order valence-corrected chi connectivity index (χ4v) is 6.92. The molecule has 34 heavy (non-hydrogen) atoms. The minimum Gasteiger partial charge on any atom is -0.377 e. The van der Waals surface area contributed by atoms with Gasteiger partial charge in [-0.1, -0.05) is 22.7 Å². The molecule has 0 bridgehead atoms. The van der Waals surface area contributed by atoms with E-state index in [1.807, 2.05) is 0 Å². The molecular weight excluding hydrogens is 462 g/mol. The van der Waals surface area contributed by atoms with Gasteiger partial charge in [0.25, 0.3) is 0 Å². The lowest BCUT2D eigenvalue weighted by molar-refractivity contribution is 0.0689. The van der Waals surface area contributed by atoms with Crippen LogP contribution >= 0.6 is 22.7 Å². The number of anilines is 2. The Morgan fingerprint density at radius 3 is 1.82 bits per heavy atom. The Bertz CT molecular complexity index is 1180. The van der Waals surface area contributed by atoms with Crippen LogP contribution in [0.5, 0.6) is 0 Å². The molecule has 2 fully saturated rings. The van der Waals surface area contributed by atoms with Crippen molar-refractivity contribution in [1.29, 1.82) is 0 Å². The van der Waals surface area contributed by atoms with Gasteiger partial charge in [0.15, 0.2) is 10.3 Å². The van der Waals surface area contributed by atoms with Crippen molar-refractivity contribution in [3.8, 4) is 0 Å². The first-order valence-electron chi connectivity index (χ1n) is 12.0. The van der Waals surface area contributed by atoms with Gasteiger partial charge >= 0.3 is 0 Å². The van der Waals surface area contributed by atoms with E-state index in [2.05, 4.69) is 66.7 Å². The molecule has 4 heterocycles. The highest BCUT2D eigenvalue weighted by Gasteiger charge is 2.30. The standard InChI is InChI=1S/C26H31N5OS2/c1-16-8-21-23(10-18(16)3)33-25(27-21)30-13-29(12-20-6-5-7-32-20)14-31(15-30)26-28-22-9-17(2)19(4)11-24(22)34-26/h8-11,20H,5-7,12-15H2,1-4H3. The largest absolute Gasteiger partial charge is 0.377 e. The molecule has 2 aliphatic rings. The third kappa shape index (κ3) is 4.17. The normalized spacial score (nSPS) is 19.7. The van der Waals surface area contributed by atoms with E-state index < -0.39 is 0 Å². The maximum atomic E-state index is 5.98. The van der Waals surface area contributed by atoms with Crippen LogP contribution in [-0.2, 0) is 4.74 Å². The summed E-state index contributed by atoms with van der Waals surface area (Å²) in [5, 5.41) is 2.16.